The Morgan fingerprint density at radius 1 is 1.28 bits per heavy atom. The summed E-state index contributed by atoms with van der Waals surface area (Å²) in [7, 11) is -3.16. The lowest BCUT2D eigenvalue weighted by atomic mass is 9.98. The zero-order valence-corrected chi connectivity index (χ0v) is 14.7. The minimum Gasteiger partial charge on any atom is -0.422 e. The van der Waals surface area contributed by atoms with Crippen LogP contribution in [0.25, 0.3) is 11.0 Å². The Labute approximate surface area is 145 Å². The SMILES string of the molecule is CS(=O)(=O)N1CCC(CNC(=O)c2cc3ccccc3oc2=O)CC1. The standard InChI is InChI=1S/C17H20N2O5S/c1-25(22,23)19-8-6-12(7-9-19)11-18-16(20)14-10-13-4-2-3-5-15(13)24-17(14)21/h2-5,10,12H,6-9,11H2,1H3,(H,18,20). The summed E-state index contributed by atoms with van der Waals surface area (Å²) >= 11 is 0. The molecule has 1 fully saturated rings. The number of para-hydroxylation sites is 1. The zero-order valence-electron chi connectivity index (χ0n) is 13.9. The number of amides is 1. The monoisotopic (exact) mass is 364 g/mol. The highest BCUT2D eigenvalue weighted by Gasteiger charge is 2.25. The van der Waals surface area contributed by atoms with Crippen molar-refractivity contribution in [3.8, 4) is 0 Å². The molecule has 3 rings (SSSR count). The number of sulfonamides is 1. The van der Waals surface area contributed by atoms with Gasteiger partial charge in [0.05, 0.1) is 6.26 Å². The van der Waals surface area contributed by atoms with E-state index in [1.165, 1.54) is 16.6 Å². The van der Waals surface area contributed by atoms with Crippen LogP contribution in [0.5, 0.6) is 0 Å². The molecule has 1 N–H and O–H groups in total. The molecule has 8 heteroatoms. The first-order valence-corrected chi connectivity index (χ1v) is 9.95. The van der Waals surface area contributed by atoms with Gasteiger partial charge in [0.15, 0.2) is 0 Å². The van der Waals surface area contributed by atoms with Gasteiger partial charge in [-0.1, -0.05) is 18.2 Å². The molecule has 0 saturated carbocycles. The van der Waals surface area contributed by atoms with Gasteiger partial charge in [-0.05, 0) is 30.9 Å². The lowest BCUT2D eigenvalue weighted by Crippen LogP contribution is -2.41. The summed E-state index contributed by atoms with van der Waals surface area (Å²) in [6.07, 6.45) is 2.56. The lowest BCUT2D eigenvalue weighted by Gasteiger charge is -2.30. The van der Waals surface area contributed by atoms with Gasteiger partial charge in [-0.15, -0.1) is 0 Å². The fourth-order valence-corrected chi connectivity index (χ4v) is 3.87. The predicted molar refractivity (Wildman–Crippen MR) is 94.0 cm³/mol. The van der Waals surface area contributed by atoms with Crippen LogP contribution in [0, 0.1) is 5.92 Å². The van der Waals surface area contributed by atoms with Crippen LogP contribution in [0.15, 0.2) is 39.5 Å². The second-order valence-electron chi connectivity index (χ2n) is 6.30. The number of carbonyl (C=O) groups excluding carboxylic acids is 1. The van der Waals surface area contributed by atoms with Crippen molar-refractivity contribution < 1.29 is 17.6 Å². The maximum absolute atomic E-state index is 12.3. The van der Waals surface area contributed by atoms with Crippen molar-refractivity contribution in [2.45, 2.75) is 12.8 Å². The van der Waals surface area contributed by atoms with Gasteiger partial charge in [0.25, 0.3) is 5.91 Å². The molecule has 0 radical (unpaired) electrons. The minimum atomic E-state index is -3.16. The van der Waals surface area contributed by atoms with E-state index in [2.05, 4.69) is 5.32 Å². The average Bonchev–Trinajstić information content (AvgIpc) is 2.58. The summed E-state index contributed by atoms with van der Waals surface area (Å²) in [6.45, 7) is 1.32. The topological polar surface area (TPSA) is 96.7 Å². The first-order valence-electron chi connectivity index (χ1n) is 8.11. The number of fused-ring (bicyclic) bond motifs is 1. The van der Waals surface area contributed by atoms with E-state index in [0.29, 0.717) is 43.4 Å². The van der Waals surface area contributed by atoms with E-state index in [9.17, 15) is 18.0 Å². The molecule has 1 aliphatic rings. The molecule has 134 valence electrons. The predicted octanol–water partition coefficient (Wildman–Crippen LogP) is 1.19. The molecule has 25 heavy (non-hydrogen) atoms. The molecule has 1 amide bonds. The molecule has 1 aromatic heterocycles. The molecule has 0 bridgehead atoms. The molecule has 1 aromatic carbocycles. The molecular weight excluding hydrogens is 344 g/mol. The van der Waals surface area contributed by atoms with E-state index in [-0.39, 0.29) is 11.5 Å². The molecule has 1 saturated heterocycles. The summed E-state index contributed by atoms with van der Waals surface area (Å²) < 4.78 is 29.6. The molecule has 2 aromatic rings. The van der Waals surface area contributed by atoms with E-state index in [0.717, 1.165) is 0 Å². The second-order valence-corrected chi connectivity index (χ2v) is 8.28. The normalized spacial score (nSPS) is 16.8. The fourth-order valence-electron chi connectivity index (χ4n) is 3.00. The molecule has 1 aliphatic heterocycles. The van der Waals surface area contributed by atoms with Gasteiger partial charge in [0.1, 0.15) is 11.1 Å². The Bertz CT molecular complexity index is 943. The maximum atomic E-state index is 12.3. The van der Waals surface area contributed by atoms with Crippen molar-refractivity contribution in [2.75, 3.05) is 25.9 Å². The van der Waals surface area contributed by atoms with Crippen molar-refractivity contribution in [3.05, 3.63) is 46.3 Å². The van der Waals surface area contributed by atoms with Gasteiger partial charge in [-0.2, -0.15) is 0 Å². The molecule has 0 spiro atoms. The summed E-state index contributed by atoms with van der Waals surface area (Å²) in [5, 5.41) is 3.45. The van der Waals surface area contributed by atoms with Gasteiger partial charge >= 0.3 is 5.63 Å². The number of nitrogens with zero attached hydrogens (tertiary/aromatic N) is 1. The van der Waals surface area contributed by atoms with E-state index >= 15 is 0 Å². The van der Waals surface area contributed by atoms with Gasteiger partial charge in [-0.3, -0.25) is 4.79 Å². The first kappa shape index (κ1) is 17.6. The highest BCUT2D eigenvalue weighted by molar-refractivity contribution is 7.88. The summed E-state index contributed by atoms with van der Waals surface area (Å²) in [5.41, 5.74) is -0.243. The Morgan fingerprint density at radius 3 is 2.64 bits per heavy atom. The molecule has 0 atom stereocenters. The summed E-state index contributed by atoms with van der Waals surface area (Å²) in [6, 6.07) is 8.54. The molecule has 2 heterocycles. The summed E-state index contributed by atoms with van der Waals surface area (Å²) in [5.74, 6) is -0.278. The van der Waals surface area contributed by atoms with E-state index in [4.69, 9.17) is 4.42 Å². The number of hydrogen-bond acceptors (Lipinski definition) is 5. The Kier molecular flexibility index (Phi) is 4.91. The second kappa shape index (κ2) is 6.97. The number of nitrogens with one attached hydrogen (secondary N) is 1. The lowest BCUT2D eigenvalue weighted by molar-refractivity contribution is 0.0938. The van der Waals surface area contributed by atoms with Gasteiger partial charge < -0.3 is 9.73 Å². The number of piperidine rings is 1. The van der Waals surface area contributed by atoms with Crippen LogP contribution in [-0.4, -0.2) is 44.5 Å². The molecule has 7 nitrogen and oxygen atoms in total. The van der Waals surface area contributed by atoms with Crippen LogP contribution in [0.2, 0.25) is 0 Å². The number of rotatable bonds is 4. The fraction of sp³-hybridized carbons (Fsp3) is 0.412. The first-order chi connectivity index (χ1) is 11.8. The largest absolute Gasteiger partial charge is 0.422 e. The van der Waals surface area contributed by atoms with Crippen molar-refractivity contribution in [1.82, 2.24) is 9.62 Å². The summed E-state index contributed by atoms with van der Waals surface area (Å²) in [4.78, 5) is 24.3. The third kappa shape index (κ3) is 4.08. The van der Waals surface area contributed by atoms with Crippen molar-refractivity contribution in [3.63, 3.8) is 0 Å². The zero-order chi connectivity index (χ0) is 18.0. The van der Waals surface area contributed by atoms with Crippen molar-refractivity contribution in [2.24, 2.45) is 5.92 Å². The molecule has 0 unspecified atom stereocenters. The van der Waals surface area contributed by atoms with Crippen LogP contribution in [0.1, 0.15) is 23.2 Å². The van der Waals surface area contributed by atoms with Crippen LogP contribution in [-0.2, 0) is 10.0 Å². The van der Waals surface area contributed by atoms with Crippen molar-refractivity contribution >= 4 is 26.9 Å². The smallest absolute Gasteiger partial charge is 0.349 e. The van der Waals surface area contributed by atoms with E-state index in [1.54, 1.807) is 24.3 Å². The van der Waals surface area contributed by atoms with Crippen LogP contribution < -0.4 is 10.9 Å². The van der Waals surface area contributed by atoms with E-state index < -0.39 is 21.6 Å². The maximum Gasteiger partial charge on any atom is 0.349 e. The van der Waals surface area contributed by atoms with E-state index in [1.807, 2.05) is 0 Å². The highest BCUT2D eigenvalue weighted by Crippen LogP contribution is 2.18. The molecule has 0 aliphatic carbocycles. The number of hydrogen-bond donors (Lipinski definition) is 1. The highest BCUT2D eigenvalue weighted by atomic mass is 32.2. The quantitative estimate of drug-likeness (QED) is 0.822. The van der Waals surface area contributed by atoms with Crippen LogP contribution in [0.4, 0.5) is 0 Å². The Hall–Kier alpha value is -2.19. The number of benzene rings is 1. The average molecular weight is 364 g/mol. The van der Waals surface area contributed by atoms with Crippen LogP contribution in [0.3, 0.4) is 0 Å². The Morgan fingerprint density at radius 2 is 1.96 bits per heavy atom. The minimum absolute atomic E-state index is 0.0210. The molecular formula is C17H20N2O5S. The third-order valence-corrected chi connectivity index (χ3v) is 5.78. The van der Waals surface area contributed by atoms with Gasteiger partial charge in [0.2, 0.25) is 10.0 Å². The van der Waals surface area contributed by atoms with Crippen LogP contribution >= 0.6 is 0 Å². The van der Waals surface area contributed by atoms with Gasteiger partial charge in [0, 0.05) is 25.0 Å². The van der Waals surface area contributed by atoms with Crippen molar-refractivity contribution in [1.29, 1.82) is 0 Å². The van der Waals surface area contributed by atoms with Gasteiger partial charge in [-0.25, -0.2) is 17.5 Å². The Balaban J connectivity index is 1.62. The number of carbonyl (C=O) groups is 1. The third-order valence-electron chi connectivity index (χ3n) is 4.48.